The maximum atomic E-state index is 13.7. The second-order valence-electron chi connectivity index (χ2n) is 10.8. The number of hydrogen-bond acceptors (Lipinski definition) is 7. The maximum Gasteiger partial charge on any atom is 0.421 e. The first kappa shape index (κ1) is 27.5. The third-order valence-corrected chi connectivity index (χ3v) is 8.37. The molecule has 1 aromatic heterocycles. The molecule has 3 aliphatic rings. The van der Waals surface area contributed by atoms with Gasteiger partial charge in [-0.05, 0) is 75.1 Å². The van der Waals surface area contributed by atoms with Crippen LogP contribution in [0.4, 0.5) is 35.4 Å². The number of fused-ring (bicyclic) bond motifs is 2. The van der Waals surface area contributed by atoms with E-state index in [4.69, 9.17) is 4.74 Å². The highest BCUT2D eigenvalue weighted by atomic mass is 19.4. The van der Waals surface area contributed by atoms with Crippen LogP contribution in [0.3, 0.4) is 0 Å². The second-order valence-corrected chi connectivity index (χ2v) is 10.8. The number of piperidine rings is 1. The van der Waals surface area contributed by atoms with Crippen LogP contribution in [0.5, 0.6) is 0 Å². The molecule has 2 bridgehead atoms. The Balaban J connectivity index is 1.27. The summed E-state index contributed by atoms with van der Waals surface area (Å²) < 4.78 is 46.0. The van der Waals surface area contributed by atoms with E-state index in [2.05, 4.69) is 51.6 Å². The fourth-order valence-electron chi connectivity index (χ4n) is 6.15. The number of nitrogens with one attached hydrogen (secondary N) is 2. The van der Waals surface area contributed by atoms with Gasteiger partial charge >= 0.3 is 12.3 Å². The van der Waals surface area contributed by atoms with Gasteiger partial charge in [-0.15, -0.1) is 0 Å². The molecular weight excluding hydrogens is 509 g/mol. The molecule has 0 saturated carbocycles. The molecule has 11 heteroatoms. The number of aryl methyl sites for hydroxylation is 1. The number of rotatable bonds is 9. The average Bonchev–Trinajstić information content (AvgIpc) is 3.10. The minimum absolute atomic E-state index is 0.102. The number of hydrogen-bond donors (Lipinski definition) is 2. The number of carbonyl (C=O) groups is 1. The predicted octanol–water partition coefficient (Wildman–Crippen LogP) is 5.79. The molecule has 3 fully saturated rings. The van der Waals surface area contributed by atoms with Crippen molar-refractivity contribution >= 4 is 23.5 Å². The van der Waals surface area contributed by atoms with Crippen molar-refractivity contribution in [3.8, 4) is 0 Å². The molecule has 1 amide bonds. The van der Waals surface area contributed by atoms with Crippen molar-refractivity contribution in [1.82, 2.24) is 19.8 Å². The van der Waals surface area contributed by atoms with Gasteiger partial charge in [-0.2, -0.15) is 18.2 Å². The molecule has 5 rings (SSSR count). The van der Waals surface area contributed by atoms with Crippen molar-refractivity contribution < 1.29 is 22.7 Å². The van der Waals surface area contributed by atoms with Gasteiger partial charge in [0.05, 0.1) is 6.61 Å². The number of carbonyl (C=O) groups excluding carboxylic acids is 1. The fourth-order valence-corrected chi connectivity index (χ4v) is 6.15. The Morgan fingerprint density at radius 2 is 1.95 bits per heavy atom. The first-order chi connectivity index (χ1) is 18.7. The number of aromatic nitrogens is 2. The van der Waals surface area contributed by atoms with E-state index in [0.717, 1.165) is 30.3 Å². The summed E-state index contributed by atoms with van der Waals surface area (Å²) in [6.45, 7) is 3.68. The molecular formula is C28H37F3N6O2. The van der Waals surface area contributed by atoms with Crippen LogP contribution >= 0.6 is 0 Å². The van der Waals surface area contributed by atoms with Crippen LogP contribution in [-0.4, -0.2) is 71.2 Å². The summed E-state index contributed by atoms with van der Waals surface area (Å²) in [7, 11) is 2.24. The number of benzene rings is 1. The van der Waals surface area contributed by atoms with E-state index >= 15 is 0 Å². The Kier molecular flexibility index (Phi) is 8.16. The number of ether oxygens (including phenoxy) is 1. The lowest BCUT2D eigenvalue weighted by atomic mass is 9.84. The summed E-state index contributed by atoms with van der Waals surface area (Å²) in [5, 5.41) is 5.96. The van der Waals surface area contributed by atoms with E-state index in [1.165, 1.54) is 31.2 Å². The summed E-state index contributed by atoms with van der Waals surface area (Å²) in [6, 6.07) is 7.66. The Morgan fingerprint density at radius 3 is 2.64 bits per heavy atom. The largest absolute Gasteiger partial charge is 0.449 e. The molecule has 212 valence electrons. The summed E-state index contributed by atoms with van der Waals surface area (Å²) in [6.07, 6.45) is 2.69. The topological polar surface area (TPSA) is 82.6 Å². The van der Waals surface area contributed by atoms with Crippen LogP contribution < -0.4 is 10.6 Å². The zero-order valence-corrected chi connectivity index (χ0v) is 22.6. The van der Waals surface area contributed by atoms with E-state index in [1.807, 2.05) is 6.07 Å². The van der Waals surface area contributed by atoms with Crippen molar-refractivity contribution in [1.29, 1.82) is 0 Å². The number of alkyl halides is 3. The lowest BCUT2D eigenvalue weighted by Gasteiger charge is -2.36. The zero-order valence-electron chi connectivity index (χ0n) is 22.6. The summed E-state index contributed by atoms with van der Waals surface area (Å²) in [4.78, 5) is 24.0. The first-order valence-electron chi connectivity index (χ1n) is 13.9. The number of anilines is 3. The fraction of sp³-hybridized carbons (Fsp3) is 0.607. The molecule has 0 aliphatic carbocycles. The minimum Gasteiger partial charge on any atom is -0.449 e. The van der Waals surface area contributed by atoms with Gasteiger partial charge in [-0.3, -0.25) is 0 Å². The molecule has 3 aliphatic heterocycles. The Morgan fingerprint density at radius 1 is 1.18 bits per heavy atom. The van der Waals surface area contributed by atoms with E-state index in [1.54, 1.807) is 4.90 Å². The number of halogens is 3. The molecule has 2 unspecified atom stereocenters. The maximum absolute atomic E-state index is 13.7. The molecule has 0 spiro atoms. The summed E-state index contributed by atoms with van der Waals surface area (Å²) in [5.41, 5.74) is 2.29. The van der Waals surface area contributed by atoms with Crippen molar-refractivity contribution in [3.05, 3.63) is 41.1 Å². The van der Waals surface area contributed by atoms with Crippen molar-refractivity contribution in [3.63, 3.8) is 0 Å². The Hall–Kier alpha value is -3.08. The van der Waals surface area contributed by atoms with Crippen LogP contribution in [-0.2, 0) is 17.3 Å². The smallest absolute Gasteiger partial charge is 0.421 e. The summed E-state index contributed by atoms with van der Waals surface area (Å²) >= 11 is 0. The molecule has 1 aromatic carbocycles. The number of nitrogens with zero attached hydrogens (tertiary/aromatic N) is 4. The van der Waals surface area contributed by atoms with Gasteiger partial charge in [0, 0.05) is 43.6 Å². The van der Waals surface area contributed by atoms with Gasteiger partial charge < -0.3 is 25.2 Å². The molecule has 4 heterocycles. The quantitative estimate of drug-likeness (QED) is 0.386. The highest BCUT2D eigenvalue weighted by Crippen LogP contribution is 2.43. The zero-order chi connectivity index (χ0) is 27.6. The highest BCUT2D eigenvalue weighted by Gasteiger charge is 2.39. The lowest BCUT2D eigenvalue weighted by molar-refractivity contribution is -0.137. The Bertz CT molecular complexity index is 1160. The standard InChI is InChI=1S/C28H37F3N6O2/c1-3-18-14-19(20-15-21-7-8-22(16-20)36(21)2)6-9-24(18)34-26-33-17-23(28(29,30)31)25(35-26)32-10-4-11-37-12-5-13-39-27(37)38/h6,9,14,17,20-22H,3-5,7-8,10-13,15-16H2,1-2H3,(H2,32,33,34,35). The van der Waals surface area contributed by atoms with Gasteiger partial charge in [0.25, 0.3) is 0 Å². The SMILES string of the molecule is CCc1cc(C2CC3CCC(C2)N3C)ccc1Nc1ncc(C(F)(F)F)c(NCCCN2CCCOC2=O)n1. The van der Waals surface area contributed by atoms with Crippen LogP contribution in [0, 0.1) is 0 Å². The molecule has 0 radical (unpaired) electrons. The van der Waals surface area contributed by atoms with Crippen molar-refractivity contribution in [2.45, 2.75) is 76.0 Å². The third-order valence-electron chi connectivity index (χ3n) is 8.37. The van der Waals surface area contributed by atoms with Gasteiger partial charge in [0.1, 0.15) is 11.4 Å². The molecule has 2 aromatic rings. The molecule has 3 saturated heterocycles. The predicted molar refractivity (Wildman–Crippen MR) is 143 cm³/mol. The molecule has 39 heavy (non-hydrogen) atoms. The Labute approximate surface area is 227 Å². The molecule has 2 atom stereocenters. The third kappa shape index (κ3) is 6.23. The molecule has 8 nitrogen and oxygen atoms in total. The van der Waals surface area contributed by atoms with Crippen LogP contribution in [0.15, 0.2) is 24.4 Å². The summed E-state index contributed by atoms with van der Waals surface area (Å²) in [5.74, 6) is 0.352. The molecule has 2 N–H and O–H groups in total. The monoisotopic (exact) mass is 546 g/mol. The van der Waals surface area contributed by atoms with Crippen molar-refractivity contribution in [2.75, 3.05) is 43.9 Å². The average molecular weight is 547 g/mol. The second kappa shape index (κ2) is 11.6. The van der Waals surface area contributed by atoms with Gasteiger partial charge in [0.2, 0.25) is 5.95 Å². The minimum atomic E-state index is -4.60. The number of amides is 1. The van der Waals surface area contributed by atoms with Crippen molar-refractivity contribution in [2.24, 2.45) is 0 Å². The highest BCUT2D eigenvalue weighted by molar-refractivity contribution is 5.68. The van der Waals surface area contributed by atoms with Crippen LogP contribution in [0.1, 0.15) is 68.1 Å². The van der Waals surface area contributed by atoms with Gasteiger partial charge in [-0.25, -0.2) is 9.78 Å². The van der Waals surface area contributed by atoms with E-state index in [0.29, 0.717) is 44.1 Å². The van der Waals surface area contributed by atoms with Gasteiger partial charge in [0.15, 0.2) is 0 Å². The number of cyclic esters (lactones) is 1. The van der Waals surface area contributed by atoms with Crippen LogP contribution in [0.2, 0.25) is 0 Å². The van der Waals surface area contributed by atoms with Crippen LogP contribution in [0.25, 0.3) is 0 Å². The normalized spacial score (nSPS) is 23.6. The first-order valence-corrected chi connectivity index (χ1v) is 13.9. The van der Waals surface area contributed by atoms with E-state index < -0.39 is 11.7 Å². The van der Waals surface area contributed by atoms with Gasteiger partial charge in [-0.1, -0.05) is 19.1 Å². The van der Waals surface area contributed by atoms with E-state index in [9.17, 15) is 18.0 Å². The van der Waals surface area contributed by atoms with E-state index in [-0.39, 0.29) is 24.4 Å². The lowest BCUT2D eigenvalue weighted by Crippen LogP contribution is -2.39.